The number of aryl methyl sites for hydroxylation is 1. The van der Waals surface area contributed by atoms with Gasteiger partial charge >= 0.3 is 0 Å². The van der Waals surface area contributed by atoms with E-state index in [1.807, 2.05) is 20.3 Å². The predicted octanol–water partition coefficient (Wildman–Crippen LogP) is 1.72. The molecule has 0 radical (unpaired) electrons. The van der Waals surface area contributed by atoms with E-state index in [4.69, 9.17) is 9.47 Å². The summed E-state index contributed by atoms with van der Waals surface area (Å²) in [5.74, 6) is 1.37. The van der Waals surface area contributed by atoms with Gasteiger partial charge in [-0.2, -0.15) is 5.10 Å². The van der Waals surface area contributed by atoms with E-state index in [2.05, 4.69) is 20.1 Å². The molecule has 3 heterocycles. The fraction of sp³-hybridized carbons (Fsp3) is 0.389. The standard InChI is InChI=1S/C18H21FN6O2/c1-23-6-7-26-11-16(23)18-21-17(12-27-15-5-3-4-13(19)8-15)22-25(18)14-9-20-24(2)10-14/h3-5,8-10,16H,6-7,11-12H2,1-2H3/t16-/m1/s1. The van der Waals surface area contributed by atoms with Crippen molar-refractivity contribution in [2.24, 2.45) is 7.05 Å². The molecule has 0 spiro atoms. The lowest BCUT2D eigenvalue weighted by Crippen LogP contribution is -2.38. The Labute approximate surface area is 156 Å². The van der Waals surface area contributed by atoms with Gasteiger partial charge in [0.2, 0.25) is 0 Å². The fourth-order valence-corrected chi connectivity index (χ4v) is 3.02. The first-order valence-corrected chi connectivity index (χ1v) is 8.71. The molecule has 8 nitrogen and oxygen atoms in total. The molecule has 0 aliphatic carbocycles. The maximum Gasteiger partial charge on any atom is 0.188 e. The minimum atomic E-state index is -0.344. The molecular formula is C18H21FN6O2. The molecule has 142 valence electrons. The number of ether oxygens (including phenoxy) is 2. The Bertz CT molecular complexity index is 924. The zero-order valence-electron chi connectivity index (χ0n) is 15.2. The van der Waals surface area contributed by atoms with E-state index in [1.165, 1.54) is 12.1 Å². The second-order valence-corrected chi connectivity index (χ2v) is 6.49. The molecular weight excluding hydrogens is 351 g/mol. The number of hydrogen-bond acceptors (Lipinski definition) is 6. The van der Waals surface area contributed by atoms with E-state index in [0.717, 1.165) is 18.1 Å². The lowest BCUT2D eigenvalue weighted by molar-refractivity contribution is 0.00105. The third-order valence-electron chi connectivity index (χ3n) is 4.47. The second-order valence-electron chi connectivity index (χ2n) is 6.49. The van der Waals surface area contributed by atoms with E-state index < -0.39 is 0 Å². The highest BCUT2D eigenvalue weighted by molar-refractivity contribution is 5.27. The lowest BCUT2D eigenvalue weighted by Gasteiger charge is -2.31. The van der Waals surface area contributed by atoms with Crippen molar-refractivity contribution in [3.63, 3.8) is 0 Å². The quantitative estimate of drug-likeness (QED) is 0.679. The molecule has 1 fully saturated rings. The van der Waals surface area contributed by atoms with Gasteiger partial charge in [0.05, 0.1) is 31.6 Å². The topological polar surface area (TPSA) is 70.2 Å². The second kappa shape index (κ2) is 7.45. The average molecular weight is 372 g/mol. The van der Waals surface area contributed by atoms with Crippen molar-refractivity contribution in [1.29, 1.82) is 0 Å². The Morgan fingerprint density at radius 3 is 2.96 bits per heavy atom. The molecule has 0 amide bonds. The first-order chi connectivity index (χ1) is 13.1. The van der Waals surface area contributed by atoms with Crippen LogP contribution < -0.4 is 4.74 Å². The molecule has 1 aromatic carbocycles. The van der Waals surface area contributed by atoms with Crippen LogP contribution in [0.5, 0.6) is 5.75 Å². The Morgan fingerprint density at radius 2 is 2.22 bits per heavy atom. The van der Waals surface area contributed by atoms with Crippen LogP contribution in [0.1, 0.15) is 17.7 Å². The molecule has 2 aromatic heterocycles. The molecule has 27 heavy (non-hydrogen) atoms. The van der Waals surface area contributed by atoms with Crippen LogP contribution in [0.3, 0.4) is 0 Å². The zero-order valence-corrected chi connectivity index (χ0v) is 15.2. The summed E-state index contributed by atoms with van der Waals surface area (Å²) in [6.45, 7) is 2.20. The molecule has 1 saturated heterocycles. The Kier molecular flexibility index (Phi) is 4.87. The van der Waals surface area contributed by atoms with Gasteiger partial charge in [0.15, 0.2) is 11.6 Å². The summed E-state index contributed by atoms with van der Waals surface area (Å²) in [7, 11) is 3.89. The average Bonchev–Trinajstić information content (AvgIpc) is 3.27. The summed E-state index contributed by atoms with van der Waals surface area (Å²) in [6.07, 6.45) is 3.61. The fourth-order valence-electron chi connectivity index (χ4n) is 3.02. The zero-order chi connectivity index (χ0) is 18.8. The van der Waals surface area contributed by atoms with Crippen LogP contribution >= 0.6 is 0 Å². The molecule has 1 atom stereocenters. The molecule has 1 aliphatic heterocycles. The lowest BCUT2D eigenvalue weighted by atomic mass is 10.2. The van der Waals surface area contributed by atoms with Crippen LogP contribution in [0.15, 0.2) is 36.7 Å². The van der Waals surface area contributed by atoms with Gasteiger partial charge in [-0.05, 0) is 19.2 Å². The number of aromatic nitrogens is 5. The molecule has 9 heteroatoms. The van der Waals surface area contributed by atoms with Crippen LogP contribution in [-0.2, 0) is 18.4 Å². The van der Waals surface area contributed by atoms with E-state index in [-0.39, 0.29) is 18.5 Å². The first kappa shape index (κ1) is 17.6. The van der Waals surface area contributed by atoms with E-state index in [9.17, 15) is 4.39 Å². The van der Waals surface area contributed by atoms with Gasteiger partial charge in [-0.15, -0.1) is 5.10 Å². The van der Waals surface area contributed by atoms with Gasteiger partial charge in [-0.25, -0.2) is 14.1 Å². The molecule has 0 bridgehead atoms. The van der Waals surface area contributed by atoms with E-state index in [0.29, 0.717) is 24.8 Å². The maximum absolute atomic E-state index is 13.3. The van der Waals surface area contributed by atoms with Crippen molar-refractivity contribution in [3.05, 3.63) is 54.1 Å². The summed E-state index contributed by atoms with van der Waals surface area (Å²) in [5, 5.41) is 8.81. The minimum Gasteiger partial charge on any atom is -0.485 e. The van der Waals surface area contributed by atoms with Crippen LogP contribution in [0.25, 0.3) is 5.69 Å². The van der Waals surface area contributed by atoms with Crippen molar-refractivity contribution in [3.8, 4) is 11.4 Å². The number of nitrogens with zero attached hydrogens (tertiary/aromatic N) is 6. The van der Waals surface area contributed by atoms with E-state index >= 15 is 0 Å². The van der Waals surface area contributed by atoms with Crippen LogP contribution in [0, 0.1) is 5.82 Å². The van der Waals surface area contributed by atoms with Crippen molar-refractivity contribution in [1.82, 2.24) is 29.4 Å². The van der Waals surface area contributed by atoms with Gasteiger partial charge < -0.3 is 9.47 Å². The van der Waals surface area contributed by atoms with Crippen LogP contribution in [-0.4, -0.2) is 56.3 Å². The monoisotopic (exact) mass is 372 g/mol. The minimum absolute atomic E-state index is 0.0191. The summed E-state index contributed by atoms with van der Waals surface area (Å²) in [6, 6.07) is 5.99. The highest BCUT2D eigenvalue weighted by Gasteiger charge is 2.28. The third-order valence-corrected chi connectivity index (χ3v) is 4.47. The van der Waals surface area contributed by atoms with Crippen LogP contribution in [0.2, 0.25) is 0 Å². The van der Waals surface area contributed by atoms with Crippen molar-refractivity contribution < 1.29 is 13.9 Å². The van der Waals surface area contributed by atoms with Crippen LogP contribution in [0.4, 0.5) is 4.39 Å². The van der Waals surface area contributed by atoms with Gasteiger partial charge in [0.1, 0.15) is 23.9 Å². The summed E-state index contributed by atoms with van der Waals surface area (Å²) in [5.41, 5.74) is 0.816. The number of morpholine rings is 1. The van der Waals surface area contributed by atoms with Gasteiger partial charge in [-0.1, -0.05) is 6.07 Å². The molecule has 1 aliphatic rings. The largest absolute Gasteiger partial charge is 0.485 e. The number of halogens is 1. The first-order valence-electron chi connectivity index (χ1n) is 8.71. The van der Waals surface area contributed by atoms with Crippen molar-refractivity contribution >= 4 is 0 Å². The SMILES string of the molecule is CN1CCOC[C@@H]1c1nc(COc2cccc(F)c2)nn1-c1cnn(C)c1. The number of likely N-dealkylation sites (N-methyl/N-ethyl adjacent to an activating group) is 1. The molecule has 0 N–H and O–H groups in total. The van der Waals surface area contributed by atoms with E-state index in [1.54, 1.807) is 27.7 Å². The summed E-state index contributed by atoms with van der Waals surface area (Å²) in [4.78, 5) is 6.87. The Hall–Kier alpha value is -2.78. The highest BCUT2D eigenvalue weighted by atomic mass is 19.1. The molecule has 0 saturated carbocycles. The van der Waals surface area contributed by atoms with Gasteiger partial charge in [0, 0.05) is 19.7 Å². The van der Waals surface area contributed by atoms with Crippen molar-refractivity contribution in [2.75, 3.05) is 26.8 Å². The normalized spacial score (nSPS) is 18.0. The summed E-state index contributed by atoms with van der Waals surface area (Å²) >= 11 is 0. The Morgan fingerprint density at radius 1 is 1.33 bits per heavy atom. The third kappa shape index (κ3) is 3.83. The maximum atomic E-state index is 13.3. The van der Waals surface area contributed by atoms with Crippen molar-refractivity contribution in [2.45, 2.75) is 12.6 Å². The Balaban J connectivity index is 1.62. The summed E-state index contributed by atoms with van der Waals surface area (Å²) < 4.78 is 28.1. The number of benzene rings is 1. The predicted molar refractivity (Wildman–Crippen MR) is 95.0 cm³/mol. The van der Waals surface area contributed by atoms with Gasteiger partial charge in [-0.3, -0.25) is 9.58 Å². The molecule has 4 rings (SSSR count). The number of rotatable bonds is 5. The molecule has 3 aromatic rings. The number of hydrogen-bond donors (Lipinski definition) is 0. The smallest absolute Gasteiger partial charge is 0.188 e. The van der Waals surface area contributed by atoms with Gasteiger partial charge in [0.25, 0.3) is 0 Å². The highest BCUT2D eigenvalue weighted by Crippen LogP contribution is 2.24. The molecule has 0 unspecified atom stereocenters.